The van der Waals surface area contributed by atoms with Gasteiger partial charge in [-0.1, -0.05) is 58.5 Å². The van der Waals surface area contributed by atoms with Crippen molar-refractivity contribution in [2.45, 2.75) is 6.92 Å². The molecule has 0 atom stereocenters. The van der Waals surface area contributed by atoms with E-state index >= 15 is 0 Å². The van der Waals surface area contributed by atoms with Crippen LogP contribution in [0.3, 0.4) is 0 Å². The zero-order valence-corrected chi connectivity index (χ0v) is 12.4. The van der Waals surface area contributed by atoms with Gasteiger partial charge in [-0.2, -0.15) is 0 Å². The van der Waals surface area contributed by atoms with Gasteiger partial charge in [-0.05, 0) is 30.2 Å². The van der Waals surface area contributed by atoms with Crippen LogP contribution in [-0.2, 0) is 0 Å². The Balaban J connectivity index is 2.80. The second kappa shape index (κ2) is 5.18. The van der Waals surface area contributed by atoms with E-state index in [1.165, 1.54) is 0 Å². The average molecular weight is 321 g/mol. The fourth-order valence-electron chi connectivity index (χ4n) is 1.74. The number of nitrogens with two attached hydrogens (primary N) is 1. The van der Waals surface area contributed by atoms with Crippen LogP contribution in [0, 0.1) is 6.92 Å². The summed E-state index contributed by atoms with van der Waals surface area (Å²) >= 11 is 24.4. The Bertz CT molecular complexity index is 623. The number of hydrogen-bond donors (Lipinski definition) is 1. The summed E-state index contributed by atoms with van der Waals surface area (Å²) in [6.07, 6.45) is 0. The van der Waals surface area contributed by atoms with Crippen LogP contribution in [0.2, 0.25) is 20.1 Å². The first-order valence-electron chi connectivity index (χ1n) is 5.12. The molecule has 0 radical (unpaired) electrons. The zero-order chi connectivity index (χ0) is 13.4. The molecule has 2 N–H and O–H groups in total. The molecule has 0 fully saturated rings. The van der Waals surface area contributed by atoms with Gasteiger partial charge in [0.05, 0.1) is 20.1 Å². The maximum Gasteiger partial charge on any atom is 0.0785 e. The van der Waals surface area contributed by atoms with Gasteiger partial charge in [-0.25, -0.2) is 0 Å². The predicted octanol–water partition coefficient (Wildman–Crippen LogP) is 5.86. The van der Waals surface area contributed by atoms with Crippen LogP contribution in [0.4, 0.5) is 5.69 Å². The van der Waals surface area contributed by atoms with Crippen LogP contribution in [0.15, 0.2) is 24.3 Å². The van der Waals surface area contributed by atoms with Gasteiger partial charge in [0.15, 0.2) is 0 Å². The molecule has 2 aromatic rings. The molecule has 5 heteroatoms. The van der Waals surface area contributed by atoms with Gasteiger partial charge in [0.25, 0.3) is 0 Å². The summed E-state index contributed by atoms with van der Waals surface area (Å²) < 4.78 is 0. The Morgan fingerprint density at radius 3 is 2.28 bits per heavy atom. The molecule has 2 aromatic carbocycles. The number of anilines is 1. The molecule has 0 unspecified atom stereocenters. The summed E-state index contributed by atoms with van der Waals surface area (Å²) in [6, 6.07) is 7.13. The van der Waals surface area contributed by atoms with Crippen molar-refractivity contribution >= 4 is 52.1 Å². The summed E-state index contributed by atoms with van der Waals surface area (Å²) in [5, 5.41) is 1.41. The van der Waals surface area contributed by atoms with Crippen molar-refractivity contribution in [2.24, 2.45) is 0 Å². The van der Waals surface area contributed by atoms with Crippen LogP contribution in [-0.4, -0.2) is 0 Å². The summed E-state index contributed by atoms with van der Waals surface area (Å²) in [7, 11) is 0. The summed E-state index contributed by atoms with van der Waals surface area (Å²) in [6.45, 7) is 1.90. The highest BCUT2D eigenvalue weighted by atomic mass is 35.5. The molecule has 0 heterocycles. The number of benzene rings is 2. The monoisotopic (exact) mass is 319 g/mol. The Labute approximate surface area is 125 Å². The van der Waals surface area contributed by atoms with E-state index in [0.717, 1.165) is 11.1 Å². The summed E-state index contributed by atoms with van der Waals surface area (Å²) in [5.41, 5.74) is 8.96. The Morgan fingerprint density at radius 2 is 1.61 bits per heavy atom. The van der Waals surface area contributed by atoms with Crippen LogP contribution >= 0.6 is 46.4 Å². The summed E-state index contributed by atoms with van der Waals surface area (Å²) in [4.78, 5) is 0. The highest BCUT2D eigenvalue weighted by Gasteiger charge is 2.17. The van der Waals surface area contributed by atoms with Crippen molar-refractivity contribution in [1.29, 1.82) is 0 Å². The van der Waals surface area contributed by atoms with Gasteiger partial charge < -0.3 is 5.73 Å². The quantitative estimate of drug-likeness (QED) is 0.397. The zero-order valence-electron chi connectivity index (χ0n) is 9.40. The number of halogens is 4. The highest BCUT2D eigenvalue weighted by Crippen LogP contribution is 2.44. The first kappa shape index (κ1) is 13.8. The lowest BCUT2D eigenvalue weighted by Crippen LogP contribution is -1.93. The van der Waals surface area contributed by atoms with E-state index in [4.69, 9.17) is 52.1 Å². The molecule has 0 bridgehead atoms. The molecular weight excluding hydrogens is 312 g/mol. The van der Waals surface area contributed by atoms with Crippen LogP contribution in [0.1, 0.15) is 5.56 Å². The van der Waals surface area contributed by atoms with E-state index < -0.39 is 0 Å². The fraction of sp³-hybridized carbons (Fsp3) is 0.0769. The molecule has 94 valence electrons. The first-order chi connectivity index (χ1) is 8.43. The van der Waals surface area contributed by atoms with Crippen LogP contribution in [0.5, 0.6) is 0 Å². The molecular formula is C13H9Cl4N. The lowest BCUT2D eigenvalue weighted by atomic mass is 9.99. The molecule has 0 amide bonds. The van der Waals surface area contributed by atoms with E-state index in [2.05, 4.69) is 0 Å². The third kappa shape index (κ3) is 2.28. The van der Waals surface area contributed by atoms with Crippen LogP contribution in [0.25, 0.3) is 11.1 Å². The Hall–Kier alpha value is -0.600. The maximum atomic E-state index is 6.22. The van der Waals surface area contributed by atoms with Gasteiger partial charge in [0.1, 0.15) is 0 Å². The third-order valence-electron chi connectivity index (χ3n) is 2.76. The van der Waals surface area contributed by atoms with E-state index in [-0.39, 0.29) is 0 Å². The van der Waals surface area contributed by atoms with Gasteiger partial charge in [-0.15, -0.1) is 0 Å². The van der Waals surface area contributed by atoms with Crippen molar-refractivity contribution in [3.8, 4) is 11.1 Å². The molecule has 1 nitrogen and oxygen atoms in total. The van der Waals surface area contributed by atoms with Gasteiger partial charge in [0.2, 0.25) is 0 Å². The number of hydrogen-bond acceptors (Lipinski definition) is 1. The standard InChI is InChI=1S/C13H9Cl4N/c1-6-7(3-2-4-10(6)18)11-8(14)5-9(15)12(16)13(11)17/h2-5H,18H2,1H3. The van der Waals surface area contributed by atoms with Crippen molar-refractivity contribution < 1.29 is 0 Å². The summed E-state index contributed by atoms with van der Waals surface area (Å²) in [5.74, 6) is 0. The number of nitrogen functional groups attached to an aromatic ring is 1. The minimum absolute atomic E-state index is 0.291. The molecule has 0 aliphatic rings. The second-order valence-electron chi connectivity index (χ2n) is 3.86. The Kier molecular flexibility index (Phi) is 3.98. The van der Waals surface area contributed by atoms with Gasteiger partial charge in [0, 0.05) is 11.3 Å². The molecule has 18 heavy (non-hydrogen) atoms. The first-order valence-corrected chi connectivity index (χ1v) is 6.63. The van der Waals surface area contributed by atoms with Crippen molar-refractivity contribution in [3.63, 3.8) is 0 Å². The van der Waals surface area contributed by atoms with E-state index in [1.54, 1.807) is 6.07 Å². The van der Waals surface area contributed by atoms with E-state index in [0.29, 0.717) is 31.3 Å². The van der Waals surface area contributed by atoms with Crippen molar-refractivity contribution in [3.05, 3.63) is 49.9 Å². The van der Waals surface area contributed by atoms with Gasteiger partial charge >= 0.3 is 0 Å². The molecule has 0 aliphatic carbocycles. The lowest BCUT2D eigenvalue weighted by molar-refractivity contribution is 1.46. The van der Waals surface area contributed by atoms with E-state index in [1.807, 2.05) is 25.1 Å². The molecule has 2 rings (SSSR count). The number of rotatable bonds is 1. The highest BCUT2D eigenvalue weighted by molar-refractivity contribution is 6.51. The van der Waals surface area contributed by atoms with Gasteiger partial charge in [-0.3, -0.25) is 0 Å². The largest absolute Gasteiger partial charge is 0.398 e. The normalized spacial score (nSPS) is 10.7. The third-order valence-corrected chi connectivity index (χ3v) is 4.32. The molecule has 0 saturated carbocycles. The maximum absolute atomic E-state index is 6.22. The Morgan fingerprint density at radius 1 is 0.944 bits per heavy atom. The minimum Gasteiger partial charge on any atom is -0.398 e. The lowest BCUT2D eigenvalue weighted by Gasteiger charge is -2.13. The fourth-order valence-corrected chi connectivity index (χ4v) is 2.85. The van der Waals surface area contributed by atoms with Crippen molar-refractivity contribution in [1.82, 2.24) is 0 Å². The predicted molar refractivity (Wildman–Crippen MR) is 81.1 cm³/mol. The molecule has 0 aliphatic heterocycles. The topological polar surface area (TPSA) is 26.0 Å². The smallest absolute Gasteiger partial charge is 0.0785 e. The van der Waals surface area contributed by atoms with E-state index in [9.17, 15) is 0 Å². The molecule has 0 aromatic heterocycles. The minimum atomic E-state index is 0.291. The van der Waals surface area contributed by atoms with Crippen molar-refractivity contribution in [2.75, 3.05) is 5.73 Å². The molecule has 0 spiro atoms. The second-order valence-corrected chi connectivity index (χ2v) is 5.43. The molecule has 0 saturated heterocycles. The van der Waals surface area contributed by atoms with Crippen LogP contribution < -0.4 is 5.73 Å². The SMILES string of the molecule is Cc1c(N)cccc1-c1c(Cl)cc(Cl)c(Cl)c1Cl. The average Bonchev–Trinajstić information content (AvgIpc) is 2.32.